The summed E-state index contributed by atoms with van der Waals surface area (Å²) in [6.45, 7) is 4.58. The summed E-state index contributed by atoms with van der Waals surface area (Å²) >= 11 is 0. The molecule has 1 aliphatic heterocycles. The number of ether oxygens (including phenoxy) is 3. The zero-order chi connectivity index (χ0) is 11.3. The largest absolute Gasteiger partial charge is 0.460 e. The highest BCUT2D eigenvalue weighted by molar-refractivity contribution is 6.34. The summed E-state index contributed by atoms with van der Waals surface area (Å²) in [6.07, 6.45) is -0.0746. The lowest BCUT2D eigenvalue weighted by Crippen LogP contribution is -2.33. The molecule has 5 nitrogen and oxygen atoms in total. The molecule has 1 aliphatic rings. The van der Waals surface area contributed by atoms with Gasteiger partial charge in [0.2, 0.25) is 5.78 Å². The van der Waals surface area contributed by atoms with E-state index in [4.69, 9.17) is 9.47 Å². The molecule has 0 aromatic rings. The van der Waals surface area contributed by atoms with E-state index in [1.54, 1.807) is 6.92 Å². The van der Waals surface area contributed by atoms with Crippen LogP contribution in [0.2, 0.25) is 0 Å². The highest BCUT2D eigenvalue weighted by Crippen LogP contribution is 2.23. The van der Waals surface area contributed by atoms with Crippen LogP contribution in [0.5, 0.6) is 0 Å². The number of hydrogen-bond acceptors (Lipinski definition) is 5. The Labute approximate surface area is 88.7 Å². The predicted molar refractivity (Wildman–Crippen MR) is 51.1 cm³/mol. The van der Waals surface area contributed by atoms with Crippen molar-refractivity contribution >= 4 is 11.8 Å². The maximum Gasteiger partial charge on any atom is 0.375 e. The molecule has 1 fully saturated rings. The van der Waals surface area contributed by atoms with Gasteiger partial charge in [-0.25, -0.2) is 4.79 Å². The van der Waals surface area contributed by atoms with Gasteiger partial charge in [0.05, 0.1) is 19.1 Å². The highest BCUT2D eigenvalue weighted by Gasteiger charge is 2.38. The fourth-order valence-corrected chi connectivity index (χ4v) is 1.50. The topological polar surface area (TPSA) is 61.8 Å². The number of hydrogen-bond donors (Lipinski definition) is 0. The van der Waals surface area contributed by atoms with Crippen LogP contribution in [0.25, 0.3) is 0 Å². The van der Waals surface area contributed by atoms with E-state index in [1.165, 1.54) is 0 Å². The van der Waals surface area contributed by atoms with Crippen molar-refractivity contribution < 1.29 is 23.8 Å². The zero-order valence-electron chi connectivity index (χ0n) is 9.02. The number of Topliss-reactive ketones (excluding diaryl/α,β-unsaturated/α-hetero) is 1. The molecule has 0 spiro atoms. The standard InChI is InChI=1S/C10H16O5/c1-3-13-9(12)8(11)7-5-6-15-10(7)14-4-2/h7,10H,3-6H2,1-2H3/t7-,10-/m0/s1. The van der Waals surface area contributed by atoms with E-state index in [9.17, 15) is 9.59 Å². The quantitative estimate of drug-likeness (QED) is 0.495. The van der Waals surface area contributed by atoms with Gasteiger partial charge in [-0.05, 0) is 20.3 Å². The van der Waals surface area contributed by atoms with Gasteiger partial charge in [0.15, 0.2) is 6.29 Å². The Morgan fingerprint density at radius 3 is 2.67 bits per heavy atom. The van der Waals surface area contributed by atoms with Crippen molar-refractivity contribution in [3.63, 3.8) is 0 Å². The average Bonchev–Trinajstić information content (AvgIpc) is 2.66. The van der Waals surface area contributed by atoms with Gasteiger partial charge in [-0.15, -0.1) is 0 Å². The van der Waals surface area contributed by atoms with Crippen LogP contribution in [0.15, 0.2) is 0 Å². The minimum atomic E-state index is -0.794. The minimum Gasteiger partial charge on any atom is -0.460 e. The van der Waals surface area contributed by atoms with E-state index in [2.05, 4.69) is 4.74 Å². The van der Waals surface area contributed by atoms with Crippen LogP contribution in [-0.4, -0.2) is 37.9 Å². The lowest BCUT2D eigenvalue weighted by Gasteiger charge is -2.15. The minimum absolute atomic E-state index is 0.206. The Balaban J connectivity index is 2.54. The molecule has 5 heteroatoms. The fourth-order valence-electron chi connectivity index (χ4n) is 1.50. The second-order valence-corrected chi connectivity index (χ2v) is 3.17. The SMILES string of the molecule is CCOC(=O)C(=O)[C@@H]1CCO[C@@H]1OCC. The zero-order valence-corrected chi connectivity index (χ0v) is 9.02. The molecule has 0 bridgehead atoms. The molecule has 1 saturated heterocycles. The molecule has 0 aliphatic carbocycles. The average molecular weight is 216 g/mol. The second kappa shape index (κ2) is 5.82. The maximum absolute atomic E-state index is 11.6. The van der Waals surface area contributed by atoms with Crippen LogP contribution in [0.4, 0.5) is 0 Å². The van der Waals surface area contributed by atoms with Gasteiger partial charge < -0.3 is 14.2 Å². The van der Waals surface area contributed by atoms with Crippen molar-refractivity contribution in [3.05, 3.63) is 0 Å². The third-order valence-electron chi connectivity index (χ3n) is 2.18. The number of ketones is 1. The predicted octanol–water partition coefficient (Wildman–Crippen LogP) is 0.518. The van der Waals surface area contributed by atoms with E-state index in [-0.39, 0.29) is 6.61 Å². The third kappa shape index (κ3) is 3.00. The molecule has 86 valence electrons. The van der Waals surface area contributed by atoms with Crippen molar-refractivity contribution in [3.8, 4) is 0 Å². The van der Waals surface area contributed by atoms with Crippen molar-refractivity contribution in [1.29, 1.82) is 0 Å². The highest BCUT2D eigenvalue weighted by atomic mass is 16.7. The lowest BCUT2D eigenvalue weighted by molar-refractivity contribution is -0.165. The molecule has 2 atom stereocenters. The maximum atomic E-state index is 11.6. The van der Waals surface area contributed by atoms with Gasteiger partial charge in [-0.1, -0.05) is 0 Å². The molecule has 15 heavy (non-hydrogen) atoms. The fraction of sp³-hybridized carbons (Fsp3) is 0.800. The van der Waals surface area contributed by atoms with Gasteiger partial charge in [0.25, 0.3) is 0 Å². The summed E-state index contributed by atoms with van der Waals surface area (Å²) in [5, 5.41) is 0. The molecule has 0 unspecified atom stereocenters. The summed E-state index contributed by atoms with van der Waals surface area (Å²) in [6, 6.07) is 0. The molecule has 0 aromatic carbocycles. The number of carbonyl (C=O) groups excluding carboxylic acids is 2. The normalized spacial score (nSPS) is 25.2. The van der Waals surface area contributed by atoms with Crippen molar-refractivity contribution in [1.82, 2.24) is 0 Å². The van der Waals surface area contributed by atoms with Crippen molar-refractivity contribution in [2.45, 2.75) is 26.6 Å². The first-order valence-corrected chi connectivity index (χ1v) is 5.14. The van der Waals surface area contributed by atoms with Crippen LogP contribution in [-0.2, 0) is 23.8 Å². The molecule has 0 saturated carbocycles. The molecule has 1 rings (SSSR count). The first kappa shape index (κ1) is 12.1. The summed E-state index contributed by atoms with van der Waals surface area (Å²) in [5.41, 5.74) is 0. The van der Waals surface area contributed by atoms with E-state index in [0.29, 0.717) is 19.6 Å². The first-order valence-electron chi connectivity index (χ1n) is 5.14. The molecular formula is C10H16O5. The van der Waals surface area contributed by atoms with Gasteiger partial charge in [0, 0.05) is 6.61 Å². The van der Waals surface area contributed by atoms with Crippen LogP contribution in [0.3, 0.4) is 0 Å². The van der Waals surface area contributed by atoms with Crippen LogP contribution in [0.1, 0.15) is 20.3 Å². The summed E-state index contributed by atoms with van der Waals surface area (Å²) in [5.74, 6) is -1.85. The van der Waals surface area contributed by atoms with E-state index in [1.807, 2.05) is 6.92 Å². The van der Waals surface area contributed by atoms with Crippen LogP contribution < -0.4 is 0 Å². The molecular weight excluding hydrogens is 200 g/mol. The summed E-state index contributed by atoms with van der Waals surface area (Å²) in [7, 11) is 0. The van der Waals surface area contributed by atoms with Gasteiger partial charge >= 0.3 is 5.97 Å². The molecule has 0 radical (unpaired) electrons. The van der Waals surface area contributed by atoms with Gasteiger partial charge in [-0.2, -0.15) is 0 Å². The molecule has 0 amide bonds. The molecule has 1 heterocycles. The lowest BCUT2D eigenvalue weighted by atomic mass is 10.0. The summed E-state index contributed by atoms with van der Waals surface area (Å²) in [4.78, 5) is 22.8. The van der Waals surface area contributed by atoms with Crippen LogP contribution in [0, 0.1) is 5.92 Å². The number of esters is 1. The first-order chi connectivity index (χ1) is 7.20. The summed E-state index contributed by atoms with van der Waals surface area (Å²) < 4.78 is 15.1. The van der Waals surface area contributed by atoms with Crippen molar-refractivity contribution in [2.75, 3.05) is 19.8 Å². The Morgan fingerprint density at radius 1 is 1.33 bits per heavy atom. The van der Waals surface area contributed by atoms with E-state index < -0.39 is 24.0 Å². The second-order valence-electron chi connectivity index (χ2n) is 3.17. The van der Waals surface area contributed by atoms with Crippen molar-refractivity contribution in [2.24, 2.45) is 5.92 Å². The van der Waals surface area contributed by atoms with E-state index >= 15 is 0 Å². The molecule has 0 aromatic heterocycles. The Hall–Kier alpha value is -0.940. The monoisotopic (exact) mass is 216 g/mol. The Kier molecular flexibility index (Phi) is 4.71. The number of carbonyl (C=O) groups is 2. The van der Waals surface area contributed by atoms with Gasteiger partial charge in [-0.3, -0.25) is 4.79 Å². The van der Waals surface area contributed by atoms with E-state index in [0.717, 1.165) is 0 Å². The van der Waals surface area contributed by atoms with Crippen LogP contribution >= 0.6 is 0 Å². The van der Waals surface area contributed by atoms with Gasteiger partial charge in [0.1, 0.15) is 0 Å². The Bertz CT molecular complexity index is 238. The smallest absolute Gasteiger partial charge is 0.375 e. The molecule has 0 N–H and O–H groups in total. The third-order valence-corrected chi connectivity index (χ3v) is 2.18. The Morgan fingerprint density at radius 2 is 2.07 bits per heavy atom. The number of rotatable bonds is 5.